The minimum Gasteiger partial charge on any atom is -0.493 e. The van der Waals surface area contributed by atoms with Crippen molar-refractivity contribution in [3.63, 3.8) is 0 Å². The number of hydrogen-bond donors (Lipinski definition) is 0. The Morgan fingerprint density at radius 2 is 1.48 bits per heavy atom. The average molecular weight is 416 g/mol. The van der Waals surface area contributed by atoms with Crippen LogP contribution < -0.4 is 14.2 Å². The second-order valence-corrected chi connectivity index (χ2v) is 7.68. The van der Waals surface area contributed by atoms with Gasteiger partial charge >= 0.3 is 0 Å². The summed E-state index contributed by atoms with van der Waals surface area (Å²) >= 11 is 0. The molecule has 0 bridgehead atoms. The molecule has 0 atom stereocenters. The number of hydrogen-bond acceptors (Lipinski definition) is 4. The highest BCUT2D eigenvalue weighted by molar-refractivity contribution is 5.96. The van der Waals surface area contributed by atoms with Crippen LogP contribution in [0.2, 0.25) is 0 Å². The first-order valence-corrected chi connectivity index (χ1v) is 10.2. The molecular formula is C27H29NO3. The summed E-state index contributed by atoms with van der Waals surface area (Å²) in [6.07, 6.45) is 1.64. The van der Waals surface area contributed by atoms with Crippen molar-refractivity contribution in [1.29, 1.82) is 0 Å². The molecule has 31 heavy (non-hydrogen) atoms. The maximum absolute atomic E-state index is 6.23. The van der Waals surface area contributed by atoms with Crippen LogP contribution in [-0.4, -0.2) is 13.0 Å². The van der Waals surface area contributed by atoms with Gasteiger partial charge in [0.1, 0.15) is 5.75 Å². The van der Waals surface area contributed by atoms with E-state index < -0.39 is 0 Å². The number of nitrogens with zero attached hydrogens (tertiary/aromatic N) is 1. The number of ether oxygens (including phenoxy) is 3. The van der Waals surface area contributed by atoms with Gasteiger partial charge in [0.05, 0.1) is 19.1 Å². The molecule has 0 aliphatic heterocycles. The van der Waals surface area contributed by atoms with Gasteiger partial charge in [-0.2, -0.15) is 0 Å². The average Bonchev–Trinajstić information content (AvgIpc) is 2.73. The Bertz CT molecular complexity index is 1110. The summed E-state index contributed by atoms with van der Waals surface area (Å²) in [4.78, 5) is 4.78. The van der Waals surface area contributed by atoms with E-state index in [-0.39, 0.29) is 0 Å². The van der Waals surface area contributed by atoms with Crippen LogP contribution in [0.4, 0.5) is 5.69 Å². The molecule has 0 radical (unpaired) electrons. The molecule has 0 heterocycles. The van der Waals surface area contributed by atoms with E-state index in [4.69, 9.17) is 19.2 Å². The van der Waals surface area contributed by atoms with Crippen LogP contribution in [0.5, 0.6) is 17.2 Å². The van der Waals surface area contributed by atoms with E-state index in [1.807, 2.05) is 63.2 Å². The minimum atomic E-state index is 0.475. The third-order valence-corrected chi connectivity index (χ3v) is 4.90. The molecule has 4 nitrogen and oxygen atoms in total. The number of aryl methyl sites for hydroxylation is 4. The van der Waals surface area contributed by atoms with Crippen molar-refractivity contribution in [1.82, 2.24) is 0 Å². The third kappa shape index (κ3) is 5.98. The lowest BCUT2D eigenvalue weighted by molar-refractivity contribution is 0.377. The zero-order chi connectivity index (χ0) is 22.4. The zero-order valence-corrected chi connectivity index (χ0v) is 19.0. The Balaban J connectivity index is 1.97. The Morgan fingerprint density at radius 3 is 2.13 bits per heavy atom. The summed E-state index contributed by atoms with van der Waals surface area (Å²) in [5, 5.41) is 0. The van der Waals surface area contributed by atoms with Crippen LogP contribution in [0.25, 0.3) is 0 Å². The van der Waals surface area contributed by atoms with Gasteiger partial charge < -0.3 is 14.2 Å². The molecule has 160 valence electrons. The van der Waals surface area contributed by atoms with Gasteiger partial charge in [-0.3, -0.25) is 0 Å². The number of rotatable bonds is 6. The maximum Gasteiger partial charge on any atom is 0.225 e. The van der Waals surface area contributed by atoms with Gasteiger partial charge in [-0.05, 0) is 93.3 Å². The molecule has 0 saturated heterocycles. The fourth-order valence-corrected chi connectivity index (χ4v) is 3.13. The van der Waals surface area contributed by atoms with Gasteiger partial charge in [-0.25, -0.2) is 4.99 Å². The first-order valence-electron chi connectivity index (χ1n) is 10.2. The fraction of sp³-hybridized carbons (Fsp3) is 0.222. The molecule has 3 aromatic rings. The molecule has 0 N–H and O–H groups in total. The Hall–Kier alpha value is -3.53. The zero-order valence-electron chi connectivity index (χ0n) is 19.0. The van der Waals surface area contributed by atoms with Crippen LogP contribution in [-0.2, 0) is 0 Å². The van der Waals surface area contributed by atoms with Gasteiger partial charge in [0.15, 0.2) is 11.5 Å². The van der Waals surface area contributed by atoms with E-state index in [1.165, 1.54) is 11.1 Å². The van der Waals surface area contributed by atoms with Crippen molar-refractivity contribution in [2.45, 2.75) is 34.6 Å². The van der Waals surface area contributed by atoms with Crippen LogP contribution >= 0.6 is 0 Å². The van der Waals surface area contributed by atoms with Gasteiger partial charge in [0.25, 0.3) is 0 Å². The maximum atomic E-state index is 6.23. The van der Waals surface area contributed by atoms with Crippen molar-refractivity contribution < 1.29 is 14.2 Å². The SMILES string of the molecule is COc1ccccc1O/C=C(C)/C(=N\c1ccc(C)c(C)c1)Oc1cc(C)cc(C)c1. The summed E-state index contributed by atoms with van der Waals surface area (Å²) in [5.74, 6) is 2.50. The lowest BCUT2D eigenvalue weighted by Gasteiger charge is -2.13. The smallest absolute Gasteiger partial charge is 0.225 e. The molecule has 3 rings (SSSR count). The number of para-hydroxylation sites is 2. The lowest BCUT2D eigenvalue weighted by atomic mass is 10.1. The quantitative estimate of drug-likeness (QED) is 0.247. The summed E-state index contributed by atoms with van der Waals surface area (Å²) in [6, 6.07) is 19.7. The monoisotopic (exact) mass is 415 g/mol. The van der Waals surface area contributed by atoms with E-state index in [2.05, 4.69) is 32.0 Å². The van der Waals surface area contributed by atoms with Gasteiger partial charge in [0, 0.05) is 5.57 Å². The van der Waals surface area contributed by atoms with E-state index in [0.717, 1.165) is 28.1 Å². The van der Waals surface area contributed by atoms with E-state index in [9.17, 15) is 0 Å². The molecule has 0 aliphatic rings. The molecule has 3 aromatic carbocycles. The lowest BCUT2D eigenvalue weighted by Crippen LogP contribution is -2.11. The Morgan fingerprint density at radius 1 is 0.806 bits per heavy atom. The van der Waals surface area contributed by atoms with Crippen molar-refractivity contribution >= 4 is 11.6 Å². The highest BCUT2D eigenvalue weighted by Crippen LogP contribution is 2.27. The topological polar surface area (TPSA) is 40.0 Å². The third-order valence-electron chi connectivity index (χ3n) is 4.90. The van der Waals surface area contributed by atoms with Crippen LogP contribution in [0.15, 0.2) is 77.5 Å². The van der Waals surface area contributed by atoms with Gasteiger partial charge in [-0.15, -0.1) is 0 Å². The van der Waals surface area contributed by atoms with Crippen LogP contribution in [0.1, 0.15) is 29.2 Å². The second-order valence-electron chi connectivity index (χ2n) is 7.68. The number of methoxy groups -OCH3 is 1. The first-order chi connectivity index (χ1) is 14.9. The molecule has 0 aliphatic carbocycles. The fourth-order valence-electron chi connectivity index (χ4n) is 3.13. The van der Waals surface area contributed by atoms with Crippen molar-refractivity contribution in [2.75, 3.05) is 7.11 Å². The minimum absolute atomic E-state index is 0.475. The van der Waals surface area contributed by atoms with E-state index in [1.54, 1.807) is 13.4 Å². The number of benzene rings is 3. The molecule has 0 aromatic heterocycles. The van der Waals surface area contributed by atoms with Gasteiger partial charge in [-0.1, -0.05) is 24.3 Å². The molecule has 0 amide bonds. The summed E-state index contributed by atoms with van der Waals surface area (Å²) in [7, 11) is 1.62. The van der Waals surface area contributed by atoms with Crippen molar-refractivity contribution in [2.24, 2.45) is 4.99 Å². The van der Waals surface area contributed by atoms with Crippen molar-refractivity contribution in [3.05, 3.63) is 94.8 Å². The summed E-state index contributed by atoms with van der Waals surface area (Å²) in [5.41, 5.74) is 6.25. The van der Waals surface area contributed by atoms with E-state index >= 15 is 0 Å². The second kappa shape index (κ2) is 9.98. The molecule has 0 saturated carbocycles. The highest BCUT2D eigenvalue weighted by atomic mass is 16.5. The van der Waals surface area contributed by atoms with Crippen LogP contribution in [0, 0.1) is 27.7 Å². The Kier molecular flexibility index (Phi) is 7.14. The Labute approximate surface area is 184 Å². The molecule has 4 heteroatoms. The van der Waals surface area contributed by atoms with Gasteiger partial charge in [0.2, 0.25) is 5.90 Å². The summed E-state index contributed by atoms with van der Waals surface area (Å²) in [6.45, 7) is 10.2. The molecule has 0 spiro atoms. The highest BCUT2D eigenvalue weighted by Gasteiger charge is 2.10. The standard InChI is InChI=1S/C27H29NO3/c1-18-13-19(2)15-24(14-18)31-27(28-23-12-11-20(3)21(4)16-23)22(5)17-30-26-10-8-7-9-25(26)29-6/h7-17H,1-6H3/b22-17+,28-27+. The molecular weight excluding hydrogens is 386 g/mol. The molecule has 0 fully saturated rings. The summed E-state index contributed by atoms with van der Waals surface area (Å²) < 4.78 is 17.5. The predicted octanol–water partition coefficient (Wildman–Crippen LogP) is 7.02. The molecule has 0 unspecified atom stereocenters. The van der Waals surface area contributed by atoms with Crippen LogP contribution in [0.3, 0.4) is 0 Å². The number of aliphatic imine (C=N–C) groups is 1. The largest absolute Gasteiger partial charge is 0.493 e. The van der Waals surface area contributed by atoms with Crippen molar-refractivity contribution in [3.8, 4) is 17.2 Å². The normalized spacial score (nSPS) is 11.9. The first kappa shape index (κ1) is 22.2. The predicted molar refractivity (Wildman–Crippen MR) is 127 cm³/mol. The van der Waals surface area contributed by atoms with E-state index in [0.29, 0.717) is 17.4 Å².